The summed E-state index contributed by atoms with van der Waals surface area (Å²) in [6.45, 7) is 5.01. The second-order valence-electron chi connectivity index (χ2n) is 8.10. The SMILES string of the molecule is COCCN(Cc1nn(-c2ccccc2)c2c1CN(Cc1ccccc1F)CC2)C(C)=O. The van der Waals surface area contributed by atoms with Crippen LogP contribution >= 0.6 is 0 Å². The number of hydrogen-bond donors (Lipinski definition) is 0. The molecule has 1 aliphatic rings. The maximum Gasteiger partial charge on any atom is 0.219 e. The fraction of sp³-hybridized carbons (Fsp3) is 0.360. The first kappa shape index (κ1) is 22.2. The van der Waals surface area contributed by atoms with E-state index in [1.54, 1.807) is 25.0 Å². The van der Waals surface area contributed by atoms with Crippen molar-refractivity contribution in [1.82, 2.24) is 19.6 Å². The number of amides is 1. The number of ether oxygens (including phenoxy) is 1. The second kappa shape index (κ2) is 10.1. The molecular formula is C25H29FN4O2. The van der Waals surface area contributed by atoms with Crippen molar-refractivity contribution < 1.29 is 13.9 Å². The summed E-state index contributed by atoms with van der Waals surface area (Å²) in [5.41, 5.74) is 4.86. The largest absolute Gasteiger partial charge is 0.383 e. The molecule has 0 saturated carbocycles. The Kier molecular flexibility index (Phi) is 6.97. The number of fused-ring (bicyclic) bond motifs is 1. The standard InChI is InChI=1S/C25H29FN4O2/c1-19(31)29(14-15-32-2)18-24-22-17-28(16-20-8-6-7-11-23(20)26)13-12-25(22)30(27-24)21-9-4-3-5-10-21/h3-11H,12-18H2,1-2H3. The van der Waals surface area contributed by atoms with Crippen LogP contribution in [-0.2, 0) is 35.6 Å². The number of hydrogen-bond acceptors (Lipinski definition) is 4. The summed E-state index contributed by atoms with van der Waals surface area (Å²) in [5, 5.41) is 4.93. The minimum Gasteiger partial charge on any atom is -0.383 e. The third kappa shape index (κ3) is 4.89. The van der Waals surface area contributed by atoms with Gasteiger partial charge in [-0.1, -0.05) is 36.4 Å². The van der Waals surface area contributed by atoms with Gasteiger partial charge in [-0.3, -0.25) is 9.69 Å². The third-order valence-electron chi connectivity index (χ3n) is 5.92. The first-order valence-corrected chi connectivity index (χ1v) is 10.9. The number of halogens is 1. The molecule has 32 heavy (non-hydrogen) atoms. The van der Waals surface area contributed by atoms with Crippen molar-refractivity contribution >= 4 is 5.91 Å². The molecule has 1 aromatic heterocycles. The Morgan fingerprint density at radius 3 is 2.62 bits per heavy atom. The molecule has 2 heterocycles. The highest BCUT2D eigenvalue weighted by Crippen LogP contribution is 2.27. The molecule has 0 atom stereocenters. The molecule has 6 nitrogen and oxygen atoms in total. The van der Waals surface area contributed by atoms with E-state index in [0.29, 0.717) is 38.3 Å². The zero-order chi connectivity index (χ0) is 22.5. The highest BCUT2D eigenvalue weighted by atomic mass is 19.1. The Morgan fingerprint density at radius 2 is 1.91 bits per heavy atom. The summed E-state index contributed by atoms with van der Waals surface area (Å²) in [6, 6.07) is 17.0. The summed E-state index contributed by atoms with van der Waals surface area (Å²) >= 11 is 0. The van der Waals surface area contributed by atoms with E-state index in [9.17, 15) is 9.18 Å². The summed E-state index contributed by atoms with van der Waals surface area (Å²) in [6.07, 6.45) is 0.809. The molecule has 168 valence electrons. The number of rotatable bonds is 8. The minimum atomic E-state index is -0.180. The number of carbonyl (C=O) groups is 1. The van der Waals surface area contributed by atoms with Gasteiger partial charge in [0.05, 0.1) is 30.2 Å². The Morgan fingerprint density at radius 1 is 1.16 bits per heavy atom. The van der Waals surface area contributed by atoms with Gasteiger partial charge in [0.1, 0.15) is 5.82 Å². The molecule has 0 N–H and O–H groups in total. The summed E-state index contributed by atoms with van der Waals surface area (Å²) < 4.78 is 21.4. The van der Waals surface area contributed by atoms with E-state index >= 15 is 0 Å². The molecule has 1 amide bonds. The van der Waals surface area contributed by atoms with E-state index in [1.807, 2.05) is 47.1 Å². The number of aromatic nitrogens is 2. The molecule has 0 saturated heterocycles. The van der Waals surface area contributed by atoms with Gasteiger partial charge < -0.3 is 9.64 Å². The molecule has 0 aliphatic carbocycles. The first-order valence-electron chi connectivity index (χ1n) is 10.9. The van der Waals surface area contributed by atoms with Crippen LogP contribution in [0.1, 0.15) is 29.4 Å². The molecule has 0 spiro atoms. The lowest BCUT2D eigenvalue weighted by Crippen LogP contribution is -2.33. The second-order valence-corrected chi connectivity index (χ2v) is 8.10. The van der Waals surface area contributed by atoms with E-state index in [2.05, 4.69) is 4.90 Å². The van der Waals surface area contributed by atoms with Crippen molar-refractivity contribution in [1.29, 1.82) is 0 Å². The number of benzene rings is 2. The predicted octanol–water partition coefficient (Wildman–Crippen LogP) is 3.56. The molecule has 2 aromatic carbocycles. The van der Waals surface area contributed by atoms with Crippen LogP contribution in [0.5, 0.6) is 0 Å². The molecule has 0 bridgehead atoms. The van der Waals surface area contributed by atoms with Crippen molar-refractivity contribution in [3.63, 3.8) is 0 Å². The number of methoxy groups -OCH3 is 1. The van der Waals surface area contributed by atoms with Crippen LogP contribution in [0.4, 0.5) is 4.39 Å². The first-order chi connectivity index (χ1) is 15.6. The Bertz CT molecular complexity index is 1070. The average molecular weight is 437 g/mol. The maximum absolute atomic E-state index is 14.2. The third-order valence-corrected chi connectivity index (χ3v) is 5.92. The van der Waals surface area contributed by atoms with Crippen LogP contribution < -0.4 is 0 Å². The average Bonchev–Trinajstić information content (AvgIpc) is 3.16. The van der Waals surface area contributed by atoms with Gasteiger partial charge in [-0.25, -0.2) is 9.07 Å². The van der Waals surface area contributed by atoms with Gasteiger partial charge in [0.2, 0.25) is 5.91 Å². The van der Waals surface area contributed by atoms with Gasteiger partial charge in [-0.05, 0) is 18.2 Å². The Labute approximate surface area is 188 Å². The Balaban J connectivity index is 1.65. The van der Waals surface area contributed by atoms with Crippen LogP contribution in [-0.4, -0.2) is 52.3 Å². The molecule has 0 radical (unpaired) electrons. The van der Waals surface area contributed by atoms with Gasteiger partial charge >= 0.3 is 0 Å². The number of para-hydroxylation sites is 1. The van der Waals surface area contributed by atoms with E-state index in [0.717, 1.165) is 35.6 Å². The Hall–Kier alpha value is -3.03. The van der Waals surface area contributed by atoms with Gasteiger partial charge in [-0.2, -0.15) is 5.10 Å². The van der Waals surface area contributed by atoms with Crippen LogP contribution in [0.15, 0.2) is 54.6 Å². The van der Waals surface area contributed by atoms with E-state index in [1.165, 1.54) is 6.07 Å². The van der Waals surface area contributed by atoms with E-state index in [4.69, 9.17) is 9.84 Å². The molecule has 4 rings (SSSR count). The lowest BCUT2D eigenvalue weighted by atomic mass is 10.0. The van der Waals surface area contributed by atoms with Gasteiger partial charge in [-0.15, -0.1) is 0 Å². The van der Waals surface area contributed by atoms with Crippen LogP contribution in [0.25, 0.3) is 5.69 Å². The molecule has 3 aromatic rings. The van der Waals surface area contributed by atoms with Crippen molar-refractivity contribution in [3.05, 3.63) is 82.9 Å². The topological polar surface area (TPSA) is 50.6 Å². The fourth-order valence-corrected chi connectivity index (χ4v) is 4.18. The smallest absolute Gasteiger partial charge is 0.219 e. The molecule has 0 fully saturated rings. The zero-order valence-electron chi connectivity index (χ0n) is 18.6. The van der Waals surface area contributed by atoms with Crippen molar-refractivity contribution in [2.24, 2.45) is 0 Å². The zero-order valence-corrected chi connectivity index (χ0v) is 18.6. The van der Waals surface area contributed by atoms with Gasteiger partial charge in [0, 0.05) is 57.8 Å². The quantitative estimate of drug-likeness (QED) is 0.542. The minimum absolute atomic E-state index is 0.0101. The van der Waals surface area contributed by atoms with Crippen LogP contribution in [0.2, 0.25) is 0 Å². The normalized spacial score (nSPS) is 13.7. The number of nitrogens with zero attached hydrogens (tertiary/aromatic N) is 4. The van der Waals surface area contributed by atoms with Crippen molar-refractivity contribution in [3.8, 4) is 5.69 Å². The predicted molar refractivity (Wildman–Crippen MR) is 121 cm³/mol. The maximum atomic E-state index is 14.2. The number of carbonyl (C=O) groups excluding carboxylic acids is 1. The summed E-state index contributed by atoms with van der Waals surface area (Å²) in [4.78, 5) is 16.2. The highest BCUT2D eigenvalue weighted by Gasteiger charge is 2.27. The van der Waals surface area contributed by atoms with Crippen molar-refractivity contribution in [2.75, 3.05) is 26.8 Å². The van der Waals surface area contributed by atoms with Crippen molar-refractivity contribution in [2.45, 2.75) is 33.0 Å². The highest BCUT2D eigenvalue weighted by molar-refractivity contribution is 5.73. The summed E-state index contributed by atoms with van der Waals surface area (Å²) in [5.74, 6) is -0.190. The monoisotopic (exact) mass is 436 g/mol. The fourth-order valence-electron chi connectivity index (χ4n) is 4.18. The lowest BCUT2D eigenvalue weighted by Gasteiger charge is -2.28. The van der Waals surface area contributed by atoms with Gasteiger partial charge in [0.15, 0.2) is 0 Å². The van der Waals surface area contributed by atoms with Crippen LogP contribution in [0.3, 0.4) is 0 Å². The van der Waals surface area contributed by atoms with Crippen LogP contribution in [0, 0.1) is 5.82 Å². The molecular weight excluding hydrogens is 407 g/mol. The van der Waals surface area contributed by atoms with E-state index in [-0.39, 0.29) is 11.7 Å². The molecule has 0 unspecified atom stereocenters. The summed E-state index contributed by atoms with van der Waals surface area (Å²) in [7, 11) is 1.63. The van der Waals surface area contributed by atoms with Gasteiger partial charge in [0.25, 0.3) is 0 Å². The molecule has 1 aliphatic heterocycles. The van der Waals surface area contributed by atoms with E-state index < -0.39 is 0 Å². The lowest BCUT2D eigenvalue weighted by molar-refractivity contribution is -0.130. The molecule has 7 heteroatoms.